The number of carbonyl (C=O) groups excluding carboxylic acids is 2. The SMILES string of the molecule is CCCCCCCCCCOC(=O)C(CCC(C)C)(CC(=O)[O-])S(=O)(=O)O.[Na+]. The third-order valence-corrected chi connectivity index (χ3v) is 6.15. The van der Waals surface area contributed by atoms with E-state index in [1.54, 1.807) is 13.8 Å². The van der Waals surface area contributed by atoms with Gasteiger partial charge < -0.3 is 14.6 Å². The van der Waals surface area contributed by atoms with Crippen LogP contribution in [0.15, 0.2) is 0 Å². The quantitative estimate of drug-likeness (QED) is 0.157. The molecule has 0 saturated carbocycles. The van der Waals surface area contributed by atoms with Gasteiger partial charge in [-0.2, -0.15) is 8.42 Å². The summed E-state index contributed by atoms with van der Waals surface area (Å²) in [6.07, 6.45) is 7.10. The zero-order valence-electron chi connectivity index (χ0n) is 17.9. The normalized spacial score (nSPS) is 13.6. The molecule has 0 aliphatic heterocycles. The summed E-state index contributed by atoms with van der Waals surface area (Å²) in [6.45, 7) is 5.77. The summed E-state index contributed by atoms with van der Waals surface area (Å²) in [4.78, 5) is 23.5. The van der Waals surface area contributed by atoms with Crippen molar-refractivity contribution in [2.75, 3.05) is 6.61 Å². The Kier molecular flexibility index (Phi) is 16.8. The molecule has 0 spiro atoms. The van der Waals surface area contributed by atoms with Crippen molar-refractivity contribution in [1.82, 2.24) is 0 Å². The Balaban J connectivity index is 0. The maximum atomic E-state index is 12.4. The second-order valence-electron chi connectivity index (χ2n) is 7.56. The van der Waals surface area contributed by atoms with Crippen LogP contribution in [0, 0.1) is 5.92 Å². The van der Waals surface area contributed by atoms with Crippen molar-refractivity contribution in [3.8, 4) is 0 Å². The molecule has 0 aromatic carbocycles. The molecule has 0 amide bonds. The standard InChI is InChI=1S/C19H36O7S.Na/c1-4-5-6-7-8-9-10-11-14-26-18(22)19(15-17(20)21,27(23,24)25)13-12-16(2)3;/h16H,4-15H2,1-3H3,(H,20,21)(H,23,24,25);/q;+1/p-1. The van der Waals surface area contributed by atoms with E-state index in [0.717, 1.165) is 19.3 Å². The molecule has 0 aliphatic rings. The number of rotatable bonds is 16. The molecule has 0 aliphatic carbocycles. The number of carbonyl (C=O) groups is 2. The third-order valence-electron chi connectivity index (χ3n) is 4.65. The molecule has 1 unspecified atom stereocenters. The van der Waals surface area contributed by atoms with Gasteiger partial charge in [0.25, 0.3) is 10.1 Å². The molecule has 0 aromatic heterocycles. The molecule has 1 atom stereocenters. The van der Waals surface area contributed by atoms with Crippen LogP contribution in [0.1, 0.15) is 91.4 Å². The van der Waals surface area contributed by atoms with Gasteiger partial charge in [-0.1, -0.05) is 65.7 Å². The van der Waals surface area contributed by atoms with E-state index in [4.69, 9.17) is 4.74 Å². The fourth-order valence-corrected chi connectivity index (χ4v) is 3.82. The number of esters is 1. The second-order valence-corrected chi connectivity index (χ2v) is 9.29. The first kappa shape index (κ1) is 30.0. The number of ether oxygens (including phenoxy) is 1. The van der Waals surface area contributed by atoms with Crippen LogP contribution < -0.4 is 34.7 Å². The molecule has 0 heterocycles. The minimum atomic E-state index is -4.97. The van der Waals surface area contributed by atoms with Crippen LogP contribution in [-0.2, 0) is 24.4 Å². The summed E-state index contributed by atoms with van der Waals surface area (Å²) in [5.41, 5.74) is 0. The van der Waals surface area contributed by atoms with Crippen LogP contribution >= 0.6 is 0 Å². The average molecular weight is 431 g/mol. The maximum absolute atomic E-state index is 12.4. The Hall–Kier alpha value is -0.150. The van der Waals surface area contributed by atoms with Crippen molar-refractivity contribution in [2.24, 2.45) is 5.92 Å². The Bertz CT molecular complexity index is 548. The first-order valence-electron chi connectivity index (χ1n) is 9.91. The van der Waals surface area contributed by atoms with Crippen LogP contribution in [0.25, 0.3) is 0 Å². The number of aliphatic carboxylic acids is 1. The van der Waals surface area contributed by atoms with E-state index in [1.165, 1.54) is 25.7 Å². The van der Waals surface area contributed by atoms with Crippen LogP contribution in [0.2, 0.25) is 0 Å². The number of unbranched alkanes of at least 4 members (excludes halogenated alkanes) is 7. The number of carboxylic acids is 1. The number of hydrogen-bond donors (Lipinski definition) is 1. The molecule has 0 aromatic rings. The Morgan fingerprint density at radius 1 is 1.04 bits per heavy atom. The predicted molar refractivity (Wildman–Crippen MR) is 102 cm³/mol. The van der Waals surface area contributed by atoms with Crippen molar-refractivity contribution < 1.29 is 62.0 Å². The molecule has 28 heavy (non-hydrogen) atoms. The minimum Gasteiger partial charge on any atom is -0.550 e. The van der Waals surface area contributed by atoms with E-state index in [1.807, 2.05) is 0 Å². The van der Waals surface area contributed by atoms with Gasteiger partial charge in [0.15, 0.2) is 4.75 Å². The first-order valence-corrected chi connectivity index (χ1v) is 11.3. The summed E-state index contributed by atoms with van der Waals surface area (Å²) >= 11 is 0. The number of carboxylic acid groups (broad SMARTS) is 1. The van der Waals surface area contributed by atoms with E-state index in [0.29, 0.717) is 6.42 Å². The predicted octanol–water partition coefficient (Wildman–Crippen LogP) is -0.123. The van der Waals surface area contributed by atoms with Gasteiger partial charge in [-0.05, 0) is 25.2 Å². The zero-order valence-corrected chi connectivity index (χ0v) is 20.7. The molecule has 0 rings (SSSR count). The maximum Gasteiger partial charge on any atom is 1.00 e. The van der Waals surface area contributed by atoms with E-state index in [2.05, 4.69) is 6.92 Å². The summed E-state index contributed by atoms with van der Waals surface area (Å²) in [5, 5.41) is 11.0. The van der Waals surface area contributed by atoms with Gasteiger partial charge in [-0.15, -0.1) is 0 Å². The monoisotopic (exact) mass is 430 g/mol. The molecule has 9 heteroatoms. The topological polar surface area (TPSA) is 121 Å². The molecular weight excluding hydrogens is 395 g/mol. The molecule has 0 saturated heterocycles. The van der Waals surface area contributed by atoms with Gasteiger partial charge in [0.1, 0.15) is 0 Å². The molecule has 1 N–H and O–H groups in total. The minimum absolute atomic E-state index is 0. The fraction of sp³-hybridized carbons (Fsp3) is 0.895. The largest absolute Gasteiger partial charge is 1.00 e. The van der Waals surface area contributed by atoms with Crippen LogP contribution in [-0.4, -0.2) is 36.3 Å². The van der Waals surface area contributed by atoms with E-state index < -0.39 is 33.2 Å². The number of hydrogen-bond acceptors (Lipinski definition) is 6. The van der Waals surface area contributed by atoms with Crippen molar-refractivity contribution in [2.45, 2.75) is 96.1 Å². The van der Waals surface area contributed by atoms with Crippen LogP contribution in [0.3, 0.4) is 0 Å². The van der Waals surface area contributed by atoms with Crippen molar-refractivity contribution in [1.29, 1.82) is 0 Å². The van der Waals surface area contributed by atoms with Gasteiger partial charge in [-0.3, -0.25) is 9.35 Å². The van der Waals surface area contributed by atoms with Crippen LogP contribution in [0.4, 0.5) is 0 Å². The van der Waals surface area contributed by atoms with Crippen LogP contribution in [0.5, 0.6) is 0 Å². The second kappa shape index (κ2) is 15.7. The van der Waals surface area contributed by atoms with Crippen molar-refractivity contribution in [3.05, 3.63) is 0 Å². The molecule has 0 bridgehead atoms. The summed E-state index contributed by atoms with van der Waals surface area (Å²) in [5.74, 6) is -2.91. The van der Waals surface area contributed by atoms with E-state index in [-0.39, 0.29) is 54.9 Å². The molecule has 0 radical (unpaired) electrons. The Morgan fingerprint density at radius 2 is 1.54 bits per heavy atom. The van der Waals surface area contributed by atoms with Crippen molar-refractivity contribution in [3.63, 3.8) is 0 Å². The zero-order chi connectivity index (χ0) is 20.9. The van der Waals surface area contributed by atoms with Gasteiger partial charge >= 0.3 is 35.5 Å². The molecular formula is C19H35NaO7S. The van der Waals surface area contributed by atoms with Gasteiger partial charge in [0.2, 0.25) is 0 Å². The van der Waals surface area contributed by atoms with Gasteiger partial charge in [0, 0.05) is 12.4 Å². The van der Waals surface area contributed by atoms with E-state index in [9.17, 15) is 27.7 Å². The summed E-state index contributed by atoms with van der Waals surface area (Å²) < 4.78 is 35.9. The molecule has 7 nitrogen and oxygen atoms in total. The summed E-state index contributed by atoms with van der Waals surface area (Å²) in [6, 6.07) is 0. The smallest absolute Gasteiger partial charge is 0.550 e. The van der Waals surface area contributed by atoms with Gasteiger partial charge in [0.05, 0.1) is 6.61 Å². The first-order chi connectivity index (χ1) is 12.6. The van der Waals surface area contributed by atoms with E-state index >= 15 is 0 Å². The Labute approximate surface area is 192 Å². The fourth-order valence-electron chi connectivity index (χ4n) is 2.88. The average Bonchev–Trinajstić information content (AvgIpc) is 2.55. The van der Waals surface area contributed by atoms with Crippen molar-refractivity contribution >= 4 is 22.1 Å². The Morgan fingerprint density at radius 3 is 1.96 bits per heavy atom. The van der Waals surface area contributed by atoms with Gasteiger partial charge in [-0.25, -0.2) is 0 Å². The summed E-state index contributed by atoms with van der Waals surface area (Å²) in [7, 11) is -4.97. The molecule has 0 fully saturated rings. The third kappa shape index (κ3) is 11.8. The molecule has 160 valence electrons.